The van der Waals surface area contributed by atoms with Crippen LogP contribution in [0.1, 0.15) is 5.69 Å². The summed E-state index contributed by atoms with van der Waals surface area (Å²) < 4.78 is 0. The summed E-state index contributed by atoms with van der Waals surface area (Å²) in [5.41, 5.74) is 5.51. The second-order valence-electron chi connectivity index (χ2n) is 1.83. The monoisotopic (exact) mass is 134 g/mol. The van der Waals surface area contributed by atoms with Crippen molar-refractivity contribution in [1.82, 2.24) is 4.98 Å². The summed E-state index contributed by atoms with van der Waals surface area (Å²) in [5, 5.41) is 0. The summed E-state index contributed by atoms with van der Waals surface area (Å²) in [6.45, 7) is 0. The smallest absolute Gasteiger partial charge is 0.184 e. The number of nitrogen functional groups attached to an aromatic ring is 1. The lowest BCUT2D eigenvalue weighted by Gasteiger charge is -1.92. The minimum atomic E-state index is -0.177. The first-order valence-corrected chi connectivity index (χ1v) is 2.69. The van der Waals surface area contributed by atoms with Crippen LogP contribution in [0, 0.1) is 12.3 Å². The Balaban J connectivity index is 3.36. The van der Waals surface area contributed by atoms with E-state index < -0.39 is 0 Å². The van der Waals surface area contributed by atoms with Crippen LogP contribution in [0.4, 0.5) is 5.82 Å². The topological polar surface area (TPSA) is 58.9 Å². The van der Waals surface area contributed by atoms with Crippen molar-refractivity contribution < 1.29 is 0 Å². The highest BCUT2D eigenvalue weighted by Gasteiger charge is 1.90. The van der Waals surface area contributed by atoms with Gasteiger partial charge in [0.25, 0.3) is 0 Å². The molecule has 0 saturated heterocycles. The number of terminal acetylenes is 1. The maximum Gasteiger partial charge on any atom is 0.184 e. The Hall–Kier alpha value is -1.69. The molecule has 0 bridgehead atoms. The standard InChI is InChI=1S/C7H6N2O/c1-2-5-3-6(10)4-7(8)9-5/h1,3-4H,(H3,8,9,10). The van der Waals surface area contributed by atoms with Crippen LogP contribution in [0.2, 0.25) is 0 Å². The van der Waals surface area contributed by atoms with E-state index in [0.717, 1.165) is 0 Å². The molecular weight excluding hydrogens is 128 g/mol. The third-order valence-corrected chi connectivity index (χ3v) is 1.02. The van der Waals surface area contributed by atoms with Gasteiger partial charge >= 0.3 is 0 Å². The summed E-state index contributed by atoms with van der Waals surface area (Å²) >= 11 is 0. The zero-order chi connectivity index (χ0) is 7.56. The third-order valence-electron chi connectivity index (χ3n) is 1.02. The summed E-state index contributed by atoms with van der Waals surface area (Å²) in [6, 6.07) is 2.59. The van der Waals surface area contributed by atoms with Crippen LogP contribution in [0.15, 0.2) is 16.9 Å². The first-order valence-electron chi connectivity index (χ1n) is 2.69. The zero-order valence-electron chi connectivity index (χ0n) is 5.22. The van der Waals surface area contributed by atoms with Gasteiger partial charge in [-0.25, -0.2) is 0 Å². The fourth-order valence-corrected chi connectivity index (χ4v) is 0.643. The van der Waals surface area contributed by atoms with E-state index in [1.54, 1.807) is 0 Å². The molecule has 0 aliphatic rings. The first kappa shape index (κ1) is 6.43. The van der Waals surface area contributed by atoms with Crippen LogP contribution in [-0.4, -0.2) is 4.98 Å². The van der Waals surface area contributed by atoms with Gasteiger partial charge in [0.2, 0.25) is 0 Å². The number of hydrogen-bond acceptors (Lipinski definition) is 2. The molecule has 50 valence electrons. The summed E-state index contributed by atoms with van der Waals surface area (Å²) in [7, 11) is 0. The van der Waals surface area contributed by atoms with Gasteiger partial charge < -0.3 is 10.7 Å². The van der Waals surface area contributed by atoms with E-state index in [1.165, 1.54) is 12.1 Å². The van der Waals surface area contributed by atoms with Gasteiger partial charge in [-0.1, -0.05) is 5.92 Å². The van der Waals surface area contributed by atoms with E-state index in [0.29, 0.717) is 11.5 Å². The molecule has 3 N–H and O–H groups in total. The van der Waals surface area contributed by atoms with E-state index in [2.05, 4.69) is 10.9 Å². The van der Waals surface area contributed by atoms with E-state index >= 15 is 0 Å². The van der Waals surface area contributed by atoms with Gasteiger partial charge in [-0.3, -0.25) is 4.79 Å². The highest BCUT2D eigenvalue weighted by Crippen LogP contribution is 1.91. The fraction of sp³-hybridized carbons (Fsp3) is 0. The average Bonchev–Trinajstić information content (AvgIpc) is 1.85. The van der Waals surface area contributed by atoms with Crippen LogP contribution in [0.25, 0.3) is 0 Å². The Morgan fingerprint density at radius 3 is 2.80 bits per heavy atom. The lowest BCUT2D eigenvalue weighted by Crippen LogP contribution is -2.03. The highest BCUT2D eigenvalue weighted by molar-refractivity contribution is 5.34. The predicted molar refractivity (Wildman–Crippen MR) is 39.4 cm³/mol. The summed E-state index contributed by atoms with van der Waals surface area (Å²) in [5.74, 6) is 2.57. The number of hydrogen-bond donors (Lipinski definition) is 2. The molecule has 0 amide bonds. The maximum absolute atomic E-state index is 10.7. The average molecular weight is 134 g/mol. The molecule has 0 unspecified atom stereocenters. The number of nitrogens with one attached hydrogen (secondary N) is 1. The molecule has 0 aromatic carbocycles. The minimum Gasteiger partial charge on any atom is -0.385 e. The van der Waals surface area contributed by atoms with Gasteiger partial charge in [0.15, 0.2) is 5.43 Å². The van der Waals surface area contributed by atoms with Crippen molar-refractivity contribution in [2.45, 2.75) is 0 Å². The van der Waals surface area contributed by atoms with Crippen LogP contribution >= 0.6 is 0 Å². The molecule has 3 heteroatoms. The third kappa shape index (κ3) is 1.17. The van der Waals surface area contributed by atoms with E-state index in [4.69, 9.17) is 12.2 Å². The van der Waals surface area contributed by atoms with Crippen LogP contribution in [0.3, 0.4) is 0 Å². The van der Waals surface area contributed by atoms with Crippen molar-refractivity contribution in [1.29, 1.82) is 0 Å². The predicted octanol–water partition coefficient (Wildman–Crippen LogP) is -0.0616. The number of nitrogens with two attached hydrogens (primary N) is 1. The number of rotatable bonds is 0. The summed E-state index contributed by atoms with van der Waals surface area (Å²) in [6.07, 6.45) is 5.01. The second-order valence-corrected chi connectivity index (χ2v) is 1.83. The largest absolute Gasteiger partial charge is 0.385 e. The summed E-state index contributed by atoms with van der Waals surface area (Å²) in [4.78, 5) is 13.3. The number of aromatic nitrogens is 1. The molecule has 1 aromatic rings. The number of pyridine rings is 1. The van der Waals surface area contributed by atoms with E-state index in [9.17, 15) is 4.79 Å². The molecule has 0 spiro atoms. The Labute approximate surface area is 57.9 Å². The molecule has 0 atom stereocenters. The Kier molecular flexibility index (Phi) is 1.46. The van der Waals surface area contributed by atoms with Crippen LogP contribution in [0.5, 0.6) is 0 Å². The SMILES string of the molecule is C#Cc1cc(=O)cc(N)[nH]1. The van der Waals surface area contributed by atoms with Crippen molar-refractivity contribution in [3.05, 3.63) is 28.0 Å². The number of H-pyrrole nitrogens is 1. The van der Waals surface area contributed by atoms with Crippen molar-refractivity contribution in [2.75, 3.05) is 5.73 Å². The van der Waals surface area contributed by atoms with E-state index in [1.807, 2.05) is 0 Å². The van der Waals surface area contributed by atoms with Crippen molar-refractivity contribution in [3.8, 4) is 12.3 Å². The molecule has 3 nitrogen and oxygen atoms in total. The van der Waals surface area contributed by atoms with Gasteiger partial charge in [-0.15, -0.1) is 6.42 Å². The molecule has 1 rings (SSSR count). The van der Waals surface area contributed by atoms with Crippen molar-refractivity contribution in [3.63, 3.8) is 0 Å². The lowest BCUT2D eigenvalue weighted by atomic mass is 10.3. The van der Waals surface area contributed by atoms with Gasteiger partial charge in [-0.05, 0) is 0 Å². The zero-order valence-corrected chi connectivity index (χ0v) is 5.22. The first-order chi connectivity index (χ1) is 4.72. The van der Waals surface area contributed by atoms with Gasteiger partial charge in [0.1, 0.15) is 5.82 Å². The van der Waals surface area contributed by atoms with Crippen LogP contribution in [-0.2, 0) is 0 Å². The molecular formula is C7H6N2O. The van der Waals surface area contributed by atoms with Crippen molar-refractivity contribution >= 4 is 5.82 Å². The van der Waals surface area contributed by atoms with Gasteiger partial charge in [-0.2, -0.15) is 0 Å². The quantitative estimate of drug-likeness (QED) is 0.488. The minimum absolute atomic E-state index is 0.177. The molecule has 1 aromatic heterocycles. The molecule has 0 fully saturated rings. The molecule has 10 heavy (non-hydrogen) atoms. The lowest BCUT2D eigenvalue weighted by molar-refractivity contribution is 1.28. The van der Waals surface area contributed by atoms with E-state index in [-0.39, 0.29) is 5.43 Å². The Morgan fingerprint density at radius 2 is 2.30 bits per heavy atom. The normalized spacial score (nSPS) is 8.70. The molecule has 0 radical (unpaired) electrons. The molecule has 1 heterocycles. The van der Waals surface area contributed by atoms with Crippen LogP contribution < -0.4 is 11.2 Å². The number of aromatic amines is 1. The second kappa shape index (κ2) is 2.28. The Morgan fingerprint density at radius 1 is 1.60 bits per heavy atom. The highest BCUT2D eigenvalue weighted by atomic mass is 16.1. The molecule has 0 aliphatic heterocycles. The molecule has 0 saturated carbocycles. The molecule has 0 aliphatic carbocycles. The Bertz CT molecular complexity index is 332. The van der Waals surface area contributed by atoms with Gasteiger partial charge in [0.05, 0.1) is 5.69 Å². The van der Waals surface area contributed by atoms with Gasteiger partial charge in [0, 0.05) is 12.1 Å². The van der Waals surface area contributed by atoms with Crippen molar-refractivity contribution in [2.24, 2.45) is 0 Å². The maximum atomic E-state index is 10.7. The number of anilines is 1. The fourth-order valence-electron chi connectivity index (χ4n) is 0.643.